The fourth-order valence-corrected chi connectivity index (χ4v) is 8.72. The predicted molar refractivity (Wildman–Crippen MR) is 232 cm³/mol. The van der Waals surface area contributed by atoms with Crippen LogP contribution >= 0.6 is 0 Å². The van der Waals surface area contributed by atoms with Crippen LogP contribution < -0.4 is 15.9 Å². The highest BCUT2D eigenvalue weighted by molar-refractivity contribution is 6.27. The summed E-state index contributed by atoms with van der Waals surface area (Å²) in [6.07, 6.45) is 6.90. The highest BCUT2D eigenvalue weighted by Gasteiger charge is 2.23. The van der Waals surface area contributed by atoms with Crippen molar-refractivity contribution >= 4 is 72.6 Å². The van der Waals surface area contributed by atoms with Gasteiger partial charge in [-0.25, -0.2) is 0 Å². The van der Waals surface area contributed by atoms with E-state index in [9.17, 15) is 0 Å². The SMILES string of the molecule is C1=c2c(n(-c3ccccc3)c3ccc4c5c6oc7ccccc7c6ccc5n(-c5ccc(CNC(=NCc6ccccc6)c6ccccc6)cc5)c4c23)=CCC1. The summed E-state index contributed by atoms with van der Waals surface area (Å²) in [7, 11) is 0. The van der Waals surface area contributed by atoms with E-state index in [4.69, 9.17) is 9.41 Å². The highest BCUT2D eigenvalue weighted by Crippen LogP contribution is 2.42. The summed E-state index contributed by atoms with van der Waals surface area (Å²) in [5, 5.41) is 12.1. The Morgan fingerprint density at radius 2 is 1.21 bits per heavy atom. The summed E-state index contributed by atoms with van der Waals surface area (Å²) >= 11 is 0. The molecule has 3 aromatic heterocycles. The Hall–Kier alpha value is -7.11. The van der Waals surface area contributed by atoms with Gasteiger partial charge in [-0.05, 0) is 78.6 Å². The smallest absolute Gasteiger partial charge is 0.145 e. The van der Waals surface area contributed by atoms with E-state index in [1.807, 2.05) is 18.2 Å². The zero-order chi connectivity index (χ0) is 37.0. The van der Waals surface area contributed by atoms with Gasteiger partial charge in [0.1, 0.15) is 17.0 Å². The van der Waals surface area contributed by atoms with E-state index >= 15 is 0 Å². The largest absolute Gasteiger partial charge is 0.455 e. The first-order valence-corrected chi connectivity index (χ1v) is 19.4. The van der Waals surface area contributed by atoms with E-state index in [1.54, 1.807) is 0 Å². The van der Waals surface area contributed by atoms with E-state index in [-0.39, 0.29) is 0 Å². The monoisotopic (exact) mass is 722 g/mol. The minimum atomic E-state index is 0.614. The molecule has 0 spiro atoms. The van der Waals surface area contributed by atoms with Crippen molar-refractivity contribution in [2.75, 3.05) is 0 Å². The Morgan fingerprint density at radius 3 is 2.02 bits per heavy atom. The van der Waals surface area contributed by atoms with Gasteiger partial charge in [0.2, 0.25) is 0 Å². The minimum Gasteiger partial charge on any atom is -0.455 e. The summed E-state index contributed by atoms with van der Waals surface area (Å²) in [6, 6.07) is 58.1. The van der Waals surface area contributed by atoms with Crippen molar-refractivity contribution in [3.8, 4) is 11.4 Å². The van der Waals surface area contributed by atoms with Crippen LogP contribution in [0.25, 0.3) is 78.2 Å². The first-order chi connectivity index (χ1) is 27.8. The van der Waals surface area contributed by atoms with Gasteiger partial charge in [0.25, 0.3) is 0 Å². The van der Waals surface area contributed by atoms with Crippen LogP contribution in [-0.4, -0.2) is 15.0 Å². The molecule has 0 radical (unpaired) electrons. The second-order valence-electron chi connectivity index (χ2n) is 14.6. The third-order valence-electron chi connectivity index (χ3n) is 11.3. The van der Waals surface area contributed by atoms with Gasteiger partial charge in [0.05, 0.1) is 28.5 Å². The number of nitrogens with zero attached hydrogens (tertiary/aromatic N) is 3. The molecule has 3 heterocycles. The normalized spacial score (nSPS) is 13.0. The molecule has 268 valence electrons. The van der Waals surface area contributed by atoms with Gasteiger partial charge in [0, 0.05) is 55.6 Å². The quantitative estimate of drug-likeness (QED) is 0.132. The molecule has 5 heteroatoms. The molecule has 0 saturated carbocycles. The lowest BCUT2D eigenvalue weighted by atomic mass is 10.1. The number of aromatic nitrogens is 2. The fourth-order valence-electron chi connectivity index (χ4n) is 8.72. The first-order valence-electron chi connectivity index (χ1n) is 19.4. The molecule has 11 rings (SSSR count). The molecule has 0 amide bonds. The standard InChI is InChI=1S/C51H38N4O/c1-4-14-34(15-5-1)32-52-51(36-16-6-2-7-17-36)53-33-35-24-26-38(27-25-35)55-45-30-28-40-39-20-11-13-23-46(39)56-50(40)48(45)42-29-31-44-47(49(42)55)41-21-10-12-22-43(41)54(44)37-18-8-3-9-19-37/h1-9,11,13-31H,10,12,32-33H2,(H,52,53). The van der Waals surface area contributed by atoms with E-state index in [1.165, 1.54) is 49.2 Å². The van der Waals surface area contributed by atoms with Gasteiger partial charge >= 0.3 is 0 Å². The number of para-hydroxylation sites is 2. The predicted octanol–water partition coefficient (Wildman–Crippen LogP) is 10.7. The summed E-state index contributed by atoms with van der Waals surface area (Å²) in [5.41, 5.74) is 11.1. The third-order valence-corrected chi connectivity index (χ3v) is 11.3. The molecule has 0 saturated heterocycles. The second-order valence-corrected chi connectivity index (χ2v) is 14.6. The average Bonchev–Trinajstić information content (AvgIpc) is 3.92. The van der Waals surface area contributed by atoms with Crippen molar-refractivity contribution < 1.29 is 4.42 Å². The van der Waals surface area contributed by atoms with Crippen molar-refractivity contribution in [1.29, 1.82) is 0 Å². The van der Waals surface area contributed by atoms with Crippen LogP contribution in [0, 0.1) is 0 Å². The molecule has 7 aromatic carbocycles. The van der Waals surface area contributed by atoms with Crippen LogP contribution in [0.5, 0.6) is 0 Å². The Bertz CT molecular complexity index is 3240. The van der Waals surface area contributed by atoms with E-state index in [2.05, 4.69) is 172 Å². The van der Waals surface area contributed by atoms with Gasteiger partial charge in [-0.15, -0.1) is 0 Å². The molecule has 10 aromatic rings. The summed E-state index contributed by atoms with van der Waals surface area (Å²) in [5.74, 6) is 0.888. The molecule has 1 aliphatic carbocycles. The molecular weight excluding hydrogens is 685 g/mol. The minimum absolute atomic E-state index is 0.614. The van der Waals surface area contributed by atoms with Gasteiger partial charge < -0.3 is 18.9 Å². The highest BCUT2D eigenvalue weighted by atomic mass is 16.3. The van der Waals surface area contributed by atoms with Crippen molar-refractivity contribution in [2.24, 2.45) is 4.99 Å². The van der Waals surface area contributed by atoms with Crippen LogP contribution in [0.4, 0.5) is 0 Å². The summed E-state index contributed by atoms with van der Waals surface area (Å²) < 4.78 is 11.6. The molecule has 1 aliphatic rings. The van der Waals surface area contributed by atoms with Gasteiger partial charge in [-0.1, -0.05) is 121 Å². The first kappa shape index (κ1) is 32.3. The lowest BCUT2D eigenvalue weighted by Crippen LogP contribution is -2.30. The molecule has 1 N–H and O–H groups in total. The van der Waals surface area contributed by atoms with E-state index in [0.29, 0.717) is 13.1 Å². The van der Waals surface area contributed by atoms with Gasteiger partial charge in [-0.2, -0.15) is 0 Å². The van der Waals surface area contributed by atoms with Crippen LogP contribution in [0.2, 0.25) is 0 Å². The number of rotatable bonds is 7. The number of fused-ring (bicyclic) bond motifs is 11. The third kappa shape index (κ3) is 5.27. The second kappa shape index (κ2) is 13.3. The van der Waals surface area contributed by atoms with Crippen LogP contribution in [-0.2, 0) is 13.1 Å². The summed E-state index contributed by atoms with van der Waals surface area (Å²) in [6.45, 7) is 1.26. The maximum atomic E-state index is 6.73. The lowest BCUT2D eigenvalue weighted by molar-refractivity contribution is 0.673. The van der Waals surface area contributed by atoms with E-state index < -0.39 is 0 Å². The molecule has 0 unspecified atom stereocenters. The van der Waals surface area contributed by atoms with Crippen LogP contribution in [0.15, 0.2) is 173 Å². The van der Waals surface area contributed by atoms with Crippen molar-refractivity contribution in [3.05, 3.63) is 191 Å². The Morgan fingerprint density at radius 1 is 0.554 bits per heavy atom. The van der Waals surface area contributed by atoms with Crippen molar-refractivity contribution in [2.45, 2.75) is 25.9 Å². The van der Waals surface area contributed by atoms with Gasteiger partial charge in [0.15, 0.2) is 0 Å². The molecule has 0 bridgehead atoms. The number of hydrogen-bond acceptors (Lipinski definition) is 2. The zero-order valence-electron chi connectivity index (χ0n) is 30.8. The molecule has 0 fully saturated rings. The van der Waals surface area contributed by atoms with Crippen molar-refractivity contribution in [3.63, 3.8) is 0 Å². The molecular formula is C51H38N4O. The molecule has 0 atom stereocenters. The number of aliphatic imine (C=N–C) groups is 1. The van der Waals surface area contributed by atoms with Crippen LogP contribution in [0.3, 0.4) is 0 Å². The Kier molecular flexibility index (Phi) is 7.69. The Balaban J connectivity index is 1.09. The van der Waals surface area contributed by atoms with Crippen molar-refractivity contribution in [1.82, 2.24) is 14.5 Å². The van der Waals surface area contributed by atoms with Crippen LogP contribution in [0.1, 0.15) is 29.5 Å². The lowest BCUT2D eigenvalue weighted by Gasteiger charge is -2.13. The maximum Gasteiger partial charge on any atom is 0.145 e. The number of amidine groups is 1. The topological polar surface area (TPSA) is 47.4 Å². The molecule has 0 aliphatic heterocycles. The number of nitrogens with one attached hydrogen (secondary N) is 1. The van der Waals surface area contributed by atoms with Gasteiger partial charge in [-0.3, -0.25) is 4.99 Å². The Labute approximate surface area is 323 Å². The molecule has 56 heavy (non-hydrogen) atoms. The zero-order valence-corrected chi connectivity index (χ0v) is 30.8. The summed E-state index contributed by atoms with van der Waals surface area (Å²) in [4.78, 5) is 5.02. The number of benzene rings is 7. The average molecular weight is 723 g/mol. The number of hydrogen-bond donors (Lipinski definition) is 1. The number of furan rings is 1. The maximum absolute atomic E-state index is 6.73. The molecule has 5 nitrogen and oxygen atoms in total. The fraction of sp³-hybridized carbons (Fsp3) is 0.0784. The van der Waals surface area contributed by atoms with E-state index in [0.717, 1.165) is 62.8 Å².